The summed E-state index contributed by atoms with van der Waals surface area (Å²) >= 11 is 0. The summed E-state index contributed by atoms with van der Waals surface area (Å²) < 4.78 is 7.11. The summed E-state index contributed by atoms with van der Waals surface area (Å²) in [6.45, 7) is 6.64. The molecule has 1 N–H and O–H groups in total. The quantitative estimate of drug-likeness (QED) is 0.870. The average Bonchev–Trinajstić information content (AvgIpc) is 2.99. The van der Waals surface area contributed by atoms with Gasteiger partial charge in [0.05, 0.1) is 12.6 Å². The number of hydrogen-bond acceptors (Lipinski definition) is 4. The Labute approximate surface area is 113 Å². The maximum absolute atomic E-state index is 9.99. The van der Waals surface area contributed by atoms with Gasteiger partial charge in [-0.15, -0.1) is 0 Å². The second-order valence-corrected chi connectivity index (χ2v) is 5.16. The van der Waals surface area contributed by atoms with Gasteiger partial charge in [-0.05, 0) is 24.0 Å². The number of aliphatic hydroxyl groups excluding tert-OH is 1. The number of hydrogen-bond donors (Lipinski definition) is 1. The van der Waals surface area contributed by atoms with Gasteiger partial charge in [0.25, 0.3) is 0 Å². The van der Waals surface area contributed by atoms with Crippen LogP contribution < -0.4 is 0 Å². The largest absolute Gasteiger partial charge is 0.388 e. The Morgan fingerprint density at radius 3 is 2.89 bits per heavy atom. The fraction of sp³-hybridized carbons (Fsp3) is 0.571. The molecule has 19 heavy (non-hydrogen) atoms. The van der Waals surface area contributed by atoms with Crippen molar-refractivity contribution in [3.8, 4) is 0 Å². The summed E-state index contributed by atoms with van der Waals surface area (Å²) in [5, 5.41) is 13.9. The maximum Gasteiger partial charge on any atom is 0.226 e. The van der Waals surface area contributed by atoms with Crippen molar-refractivity contribution in [3.63, 3.8) is 0 Å². The summed E-state index contributed by atoms with van der Waals surface area (Å²) in [6, 6.07) is 1.93. The molecule has 0 saturated heterocycles. The Bertz CT molecular complexity index is 516. The number of nitrogens with zero attached hydrogens (tertiary/aromatic N) is 3. The normalized spacial score (nSPS) is 13.1. The van der Waals surface area contributed by atoms with Crippen molar-refractivity contribution < 1.29 is 9.63 Å². The zero-order chi connectivity index (χ0) is 13.8. The van der Waals surface area contributed by atoms with Crippen molar-refractivity contribution in [2.75, 3.05) is 0 Å². The van der Waals surface area contributed by atoms with E-state index in [1.807, 2.05) is 36.9 Å². The Morgan fingerprint density at radius 2 is 2.21 bits per heavy atom. The van der Waals surface area contributed by atoms with Crippen LogP contribution in [0.1, 0.15) is 50.6 Å². The highest BCUT2D eigenvalue weighted by Crippen LogP contribution is 2.21. The molecule has 2 heterocycles. The molecule has 104 valence electrons. The third-order valence-corrected chi connectivity index (χ3v) is 3.04. The molecule has 0 aliphatic heterocycles. The van der Waals surface area contributed by atoms with Crippen molar-refractivity contribution in [1.29, 1.82) is 0 Å². The lowest BCUT2D eigenvalue weighted by molar-refractivity contribution is 0.127. The van der Waals surface area contributed by atoms with Gasteiger partial charge in [0.2, 0.25) is 5.89 Å². The van der Waals surface area contributed by atoms with E-state index in [0.29, 0.717) is 18.3 Å². The van der Waals surface area contributed by atoms with E-state index in [1.54, 1.807) is 0 Å². The topological polar surface area (TPSA) is 64.1 Å². The standard InChI is InChI=1S/C14H21N3O2/c1-4-5-13-15-12(16-19-13)9-17-7-6-11(8-17)14(18)10(2)3/h6-8,10,14,18H,4-5,9H2,1-3H3. The molecule has 0 fully saturated rings. The zero-order valence-electron chi connectivity index (χ0n) is 11.7. The Morgan fingerprint density at radius 1 is 1.42 bits per heavy atom. The van der Waals surface area contributed by atoms with Crippen LogP contribution in [0.25, 0.3) is 0 Å². The van der Waals surface area contributed by atoms with Crippen LogP contribution in [0.4, 0.5) is 0 Å². The second kappa shape index (κ2) is 6.02. The van der Waals surface area contributed by atoms with Gasteiger partial charge in [0, 0.05) is 18.8 Å². The van der Waals surface area contributed by atoms with Crippen molar-refractivity contribution in [3.05, 3.63) is 35.7 Å². The first kappa shape index (κ1) is 13.8. The second-order valence-electron chi connectivity index (χ2n) is 5.16. The van der Waals surface area contributed by atoms with E-state index in [4.69, 9.17) is 4.52 Å². The van der Waals surface area contributed by atoms with Crippen LogP contribution >= 0.6 is 0 Å². The van der Waals surface area contributed by atoms with E-state index in [0.717, 1.165) is 18.4 Å². The molecule has 0 spiro atoms. The lowest BCUT2D eigenvalue weighted by Crippen LogP contribution is -2.04. The Balaban J connectivity index is 2.02. The molecule has 2 aromatic rings. The molecular weight excluding hydrogens is 242 g/mol. The van der Waals surface area contributed by atoms with E-state index < -0.39 is 6.10 Å². The molecule has 0 radical (unpaired) electrons. The molecular formula is C14H21N3O2. The van der Waals surface area contributed by atoms with Gasteiger partial charge in [-0.25, -0.2) is 0 Å². The Hall–Kier alpha value is -1.62. The van der Waals surface area contributed by atoms with E-state index in [9.17, 15) is 5.11 Å². The molecule has 0 aromatic carbocycles. The first-order chi connectivity index (χ1) is 9.10. The predicted molar refractivity (Wildman–Crippen MR) is 71.6 cm³/mol. The zero-order valence-corrected chi connectivity index (χ0v) is 11.7. The minimum atomic E-state index is -0.429. The van der Waals surface area contributed by atoms with Crippen LogP contribution in [0.15, 0.2) is 23.0 Å². The minimum absolute atomic E-state index is 0.206. The van der Waals surface area contributed by atoms with Gasteiger partial charge in [-0.1, -0.05) is 25.9 Å². The summed E-state index contributed by atoms with van der Waals surface area (Å²) in [7, 11) is 0. The molecule has 2 rings (SSSR count). The highest BCUT2D eigenvalue weighted by molar-refractivity contribution is 5.14. The average molecular weight is 263 g/mol. The first-order valence-electron chi connectivity index (χ1n) is 6.75. The third-order valence-electron chi connectivity index (χ3n) is 3.04. The fourth-order valence-corrected chi connectivity index (χ4v) is 1.95. The molecule has 1 unspecified atom stereocenters. The van der Waals surface area contributed by atoms with E-state index in [1.165, 1.54) is 0 Å². The van der Waals surface area contributed by atoms with Gasteiger partial charge in [0.1, 0.15) is 0 Å². The predicted octanol–water partition coefficient (Wildman–Crippen LogP) is 2.56. The summed E-state index contributed by atoms with van der Waals surface area (Å²) in [5.74, 6) is 1.56. The summed E-state index contributed by atoms with van der Waals surface area (Å²) in [6.07, 6.45) is 5.24. The van der Waals surface area contributed by atoms with Crippen LogP contribution in [-0.4, -0.2) is 19.8 Å². The molecule has 0 amide bonds. The number of aryl methyl sites for hydroxylation is 1. The summed E-state index contributed by atoms with van der Waals surface area (Å²) in [5.41, 5.74) is 0.923. The van der Waals surface area contributed by atoms with Gasteiger partial charge in [-0.3, -0.25) is 0 Å². The lowest BCUT2D eigenvalue weighted by Gasteiger charge is -2.12. The molecule has 2 aromatic heterocycles. The highest BCUT2D eigenvalue weighted by atomic mass is 16.5. The summed E-state index contributed by atoms with van der Waals surface area (Å²) in [4.78, 5) is 4.32. The molecule has 5 heteroatoms. The van der Waals surface area contributed by atoms with Crippen LogP contribution in [0.5, 0.6) is 0 Å². The first-order valence-corrected chi connectivity index (χ1v) is 6.75. The van der Waals surface area contributed by atoms with Crippen LogP contribution in [0, 0.1) is 5.92 Å². The van der Waals surface area contributed by atoms with Gasteiger partial charge < -0.3 is 14.2 Å². The van der Waals surface area contributed by atoms with Crippen molar-refractivity contribution >= 4 is 0 Å². The molecule has 0 aliphatic carbocycles. The van der Waals surface area contributed by atoms with Gasteiger partial charge in [0.15, 0.2) is 5.82 Å². The van der Waals surface area contributed by atoms with E-state index in [-0.39, 0.29) is 5.92 Å². The maximum atomic E-state index is 9.99. The van der Waals surface area contributed by atoms with Gasteiger partial charge >= 0.3 is 0 Å². The molecule has 0 bridgehead atoms. The smallest absolute Gasteiger partial charge is 0.226 e. The molecule has 0 saturated carbocycles. The molecule has 1 atom stereocenters. The van der Waals surface area contributed by atoms with E-state index in [2.05, 4.69) is 17.1 Å². The lowest BCUT2D eigenvalue weighted by atomic mass is 10.0. The number of rotatable bonds is 6. The van der Waals surface area contributed by atoms with Crippen molar-refractivity contribution in [2.24, 2.45) is 5.92 Å². The van der Waals surface area contributed by atoms with Gasteiger partial charge in [-0.2, -0.15) is 4.98 Å². The van der Waals surface area contributed by atoms with Crippen LogP contribution in [-0.2, 0) is 13.0 Å². The number of aromatic nitrogens is 3. The fourth-order valence-electron chi connectivity index (χ4n) is 1.95. The molecule has 0 aliphatic rings. The SMILES string of the molecule is CCCc1nc(Cn2ccc(C(O)C(C)C)c2)no1. The monoisotopic (exact) mass is 263 g/mol. The van der Waals surface area contributed by atoms with Crippen molar-refractivity contribution in [1.82, 2.24) is 14.7 Å². The van der Waals surface area contributed by atoms with Crippen molar-refractivity contribution in [2.45, 2.75) is 46.3 Å². The molecule has 5 nitrogen and oxygen atoms in total. The minimum Gasteiger partial charge on any atom is -0.388 e. The Kier molecular flexibility index (Phi) is 4.37. The van der Waals surface area contributed by atoms with Crippen LogP contribution in [0.2, 0.25) is 0 Å². The number of aliphatic hydroxyl groups is 1. The van der Waals surface area contributed by atoms with E-state index >= 15 is 0 Å². The highest BCUT2D eigenvalue weighted by Gasteiger charge is 2.13. The third kappa shape index (κ3) is 3.44. The van der Waals surface area contributed by atoms with Crippen LogP contribution in [0.3, 0.4) is 0 Å².